The highest BCUT2D eigenvalue weighted by Gasteiger charge is 2.44. The van der Waals surface area contributed by atoms with Crippen molar-refractivity contribution in [3.63, 3.8) is 0 Å². The third-order valence-electron chi connectivity index (χ3n) is 4.29. The number of allylic oxidation sites excluding steroid dienone is 4. The van der Waals surface area contributed by atoms with E-state index in [0.29, 0.717) is 23.0 Å². The van der Waals surface area contributed by atoms with E-state index in [0.717, 1.165) is 25.7 Å². The normalized spacial score (nSPS) is 38.6. The Bertz CT molecular complexity index is 353. The molecule has 2 nitrogen and oxygen atoms in total. The van der Waals surface area contributed by atoms with Gasteiger partial charge in [0.15, 0.2) is 0 Å². The van der Waals surface area contributed by atoms with Crippen LogP contribution in [0, 0.1) is 11.3 Å². The Kier molecular flexibility index (Phi) is 4.19. The molecule has 0 radical (unpaired) electrons. The van der Waals surface area contributed by atoms with Crippen LogP contribution in [0.15, 0.2) is 22.2 Å². The molecule has 0 spiro atoms. The number of aliphatic hydroxyl groups excluding tert-OH is 1. The molecule has 1 fully saturated rings. The van der Waals surface area contributed by atoms with Crippen molar-refractivity contribution >= 4 is 23.2 Å². The van der Waals surface area contributed by atoms with Gasteiger partial charge >= 0.3 is 0 Å². The summed E-state index contributed by atoms with van der Waals surface area (Å²) in [5.41, 5.74) is 5.74. The standard InChI is InChI=1S/C13H19Cl2NO/c14-10-5-4-9(7-11(10)15)13(8-16)6-2-1-3-12(13)17/h4-5,9,12,17H,1-3,6-8,16H2. The molecule has 3 unspecified atom stereocenters. The van der Waals surface area contributed by atoms with E-state index in [1.165, 1.54) is 0 Å². The van der Waals surface area contributed by atoms with E-state index in [1.807, 2.05) is 6.08 Å². The Hall–Kier alpha value is -0.0200. The molecule has 2 aliphatic carbocycles. The first kappa shape index (κ1) is 13.4. The van der Waals surface area contributed by atoms with E-state index in [9.17, 15) is 5.11 Å². The summed E-state index contributed by atoms with van der Waals surface area (Å²) in [6.45, 7) is 0.505. The van der Waals surface area contributed by atoms with Crippen molar-refractivity contribution in [1.82, 2.24) is 0 Å². The van der Waals surface area contributed by atoms with Crippen molar-refractivity contribution in [2.45, 2.75) is 38.2 Å². The zero-order chi connectivity index (χ0) is 12.5. The molecule has 0 amide bonds. The molecule has 0 aliphatic heterocycles. The van der Waals surface area contributed by atoms with Gasteiger partial charge in [-0.15, -0.1) is 0 Å². The van der Waals surface area contributed by atoms with Gasteiger partial charge in [0.1, 0.15) is 0 Å². The van der Waals surface area contributed by atoms with Crippen molar-refractivity contribution < 1.29 is 5.11 Å². The summed E-state index contributed by atoms with van der Waals surface area (Å²) < 4.78 is 0. The van der Waals surface area contributed by atoms with Gasteiger partial charge in [0.25, 0.3) is 0 Å². The molecule has 2 aliphatic rings. The molecule has 3 N–H and O–H groups in total. The first-order valence-electron chi connectivity index (χ1n) is 6.20. The predicted octanol–water partition coefficient (Wildman–Crippen LogP) is 3.13. The molecule has 96 valence electrons. The van der Waals surface area contributed by atoms with Crippen molar-refractivity contribution in [2.75, 3.05) is 6.54 Å². The molecule has 0 aromatic heterocycles. The van der Waals surface area contributed by atoms with Crippen LogP contribution < -0.4 is 5.73 Å². The second-order valence-electron chi connectivity index (χ2n) is 5.12. The first-order chi connectivity index (χ1) is 8.10. The van der Waals surface area contributed by atoms with E-state index >= 15 is 0 Å². The molecule has 2 rings (SSSR count). The van der Waals surface area contributed by atoms with Gasteiger partial charge in [-0.3, -0.25) is 0 Å². The smallest absolute Gasteiger partial charge is 0.0614 e. The number of hydrogen-bond acceptors (Lipinski definition) is 2. The van der Waals surface area contributed by atoms with Gasteiger partial charge in [-0.05, 0) is 31.3 Å². The maximum atomic E-state index is 10.3. The van der Waals surface area contributed by atoms with E-state index in [4.69, 9.17) is 28.9 Å². The third kappa shape index (κ3) is 2.41. The van der Waals surface area contributed by atoms with Crippen LogP contribution in [0.5, 0.6) is 0 Å². The van der Waals surface area contributed by atoms with Crippen LogP contribution in [0.1, 0.15) is 32.1 Å². The first-order valence-corrected chi connectivity index (χ1v) is 6.96. The SMILES string of the molecule is NCC1(C2C=CC(Cl)=C(Cl)C2)CCCCC1O. The Balaban J connectivity index is 2.22. The van der Waals surface area contributed by atoms with Crippen molar-refractivity contribution in [1.29, 1.82) is 0 Å². The molecule has 0 bridgehead atoms. The minimum Gasteiger partial charge on any atom is -0.392 e. The fourth-order valence-corrected chi connectivity index (χ4v) is 3.49. The summed E-state index contributed by atoms with van der Waals surface area (Å²) in [5, 5.41) is 11.6. The van der Waals surface area contributed by atoms with Crippen LogP contribution >= 0.6 is 23.2 Å². The Morgan fingerprint density at radius 1 is 1.41 bits per heavy atom. The number of hydrogen-bond donors (Lipinski definition) is 2. The third-order valence-corrected chi connectivity index (χ3v) is 5.09. The van der Waals surface area contributed by atoms with Gasteiger partial charge in [0.2, 0.25) is 0 Å². The molecule has 3 atom stereocenters. The molecule has 1 saturated carbocycles. The number of nitrogens with two attached hydrogens (primary N) is 1. The number of halogens is 2. The molecule has 4 heteroatoms. The molecule has 0 heterocycles. The Labute approximate surface area is 112 Å². The molecule has 17 heavy (non-hydrogen) atoms. The zero-order valence-electron chi connectivity index (χ0n) is 9.83. The molecule has 0 saturated heterocycles. The Morgan fingerprint density at radius 2 is 2.18 bits per heavy atom. The van der Waals surface area contributed by atoms with E-state index in [-0.39, 0.29) is 17.4 Å². The van der Waals surface area contributed by atoms with Gasteiger partial charge in [0.05, 0.1) is 11.1 Å². The minimum atomic E-state index is -0.322. The lowest BCUT2D eigenvalue weighted by Crippen LogP contribution is -2.49. The monoisotopic (exact) mass is 275 g/mol. The highest BCUT2D eigenvalue weighted by molar-refractivity contribution is 6.40. The fourth-order valence-electron chi connectivity index (χ4n) is 3.11. The van der Waals surface area contributed by atoms with Crippen molar-refractivity contribution in [2.24, 2.45) is 17.1 Å². The van der Waals surface area contributed by atoms with Gasteiger partial charge < -0.3 is 10.8 Å². The summed E-state index contributed by atoms with van der Waals surface area (Å²) in [4.78, 5) is 0. The quantitative estimate of drug-likeness (QED) is 0.814. The molecular formula is C13H19Cl2NO. The maximum Gasteiger partial charge on any atom is 0.0614 e. The largest absolute Gasteiger partial charge is 0.392 e. The predicted molar refractivity (Wildman–Crippen MR) is 71.9 cm³/mol. The summed E-state index contributed by atoms with van der Waals surface area (Å²) in [7, 11) is 0. The fraction of sp³-hybridized carbons (Fsp3) is 0.692. The maximum absolute atomic E-state index is 10.3. The zero-order valence-corrected chi connectivity index (χ0v) is 11.3. The average molecular weight is 276 g/mol. The minimum absolute atomic E-state index is 0.206. The topological polar surface area (TPSA) is 46.2 Å². The van der Waals surface area contributed by atoms with Gasteiger partial charge in [-0.1, -0.05) is 42.1 Å². The number of aliphatic hydroxyl groups is 1. The lowest BCUT2D eigenvalue weighted by Gasteiger charge is -2.46. The van der Waals surface area contributed by atoms with Gasteiger partial charge in [0, 0.05) is 17.0 Å². The van der Waals surface area contributed by atoms with Crippen LogP contribution in [0.4, 0.5) is 0 Å². The highest BCUT2D eigenvalue weighted by atomic mass is 35.5. The van der Waals surface area contributed by atoms with Gasteiger partial charge in [-0.25, -0.2) is 0 Å². The van der Waals surface area contributed by atoms with Crippen LogP contribution in [0.2, 0.25) is 0 Å². The molecule has 0 aromatic rings. The summed E-state index contributed by atoms with van der Waals surface area (Å²) >= 11 is 12.1. The summed E-state index contributed by atoms with van der Waals surface area (Å²) in [6.07, 6.45) is 8.32. The van der Waals surface area contributed by atoms with Crippen LogP contribution in [0.25, 0.3) is 0 Å². The van der Waals surface area contributed by atoms with Crippen LogP contribution in [0.3, 0.4) is 0 Å². The Morgan fingerprint density at radius 3 is 2.76 bits per heavy atom. The molecule has 0 aromatic carbocycles. The number of rotatable bonds is 2. The van der Waals surface area contributed by atoms with Crippen molar-refractivity contribution in [3.8, 4) is 0 Å². The van der Waals surface area contributed by atoms with E-state index in [1.54, 1.807) is 0 Å². The highest BCUT2D eigenvalue weighted by Crippen LogP contribution is 2.47. The second-order valence-corrected chi connectivity index (χ2v) is 5.98. The second kappa shape index (κ2) is 5.31. The van der Waals surface area contributed by atoms with E-state index < -0.39 is 0 Å². The average Bonchev–Trinajstić information content (AvgIpc) is 2.34. The van der Waals surface area contributed by atoms with Crippen molar-refractivity contribution in [3.05, 3.63) is 22.2 Å². The van der Waals surface area contributed by atoms with Gasteiger partial charge in [-0.2, -0.15) is 0 Å². The van der Waals surface area contributed by atoms with Crippen LogP contribution in [-0.4, -0.2) is 17.8 Å². The lowest BCUT2D eigenvalue weighted by atomic mass is 9.62. The lowest BCUT2D eigenvalue weighted by molar-refractivity contribution is -0.0339. The summed E-state index contributed by atoms with van der Waals surface area (Å²) in [6, 6.07) is 0. The van der Waals surface area contributed by atoms with E-state index in [2.05, 4.69) is 6.08 Å². The molecular weight excluding hydrogens is 257 g/mol. The summed E-state index contributed by atoms with van der Waals surface area (Å²) in [5.74, 6) is 0.206. The van der Waals surface area contributed by atoms with Crippen LogP contribution in [-0.2, 0) is 0 Å².